The van der Waals surface area contributed by atoms with Crippen molar-refractivity contribution in [2.45, 2.75) is 0 Å². The maximum absolute atomic E-state index is 5.91. The van der Waals surface area contributed by atoms with Crippen LogP contribution >= 0.6 is 0 Å². The third-order valence-electron chi connectivity index (χ3n) is 4.04. The van der Waals surface area contributed by atoms with Gasteiger partial charge in [-0.15, -0.1) is 10.2 Å². The number of rotatable bonds is 4. The van der Waals surface area contributed by atoms with Crippen LogP contribution in [0.1, 0.15) is 0 Å². The lowest BCUT2D eigenvalue weighted by molar-refractivity contribution is 0.589. The van der Waals surface area contributed by atoms with Crippen molar-refractivity contribution in [2.75, 3.05) is 0 Å². The summed E-state index contributed by atoms with van der Waals surface area (Å²) in [5.74, 6) is 2.44. The molecule has 5 aromatic rings. The number of aromatic nitrogens is 9. The van der Waals surface area contributed by atoms with E-state index in [0.29, 0.717) is 23.3 Å². The second-order valence-electron chi connectivity index (χ2n) is 5.68. The number of aromatic amines is 2. The molecular formula is C17H11N9O. The van der Waals surface area contributed by atoms with Crippen LogP contribution in [-0.4, -0.2) is 46.2 Å². The summed E-state index contributed by atoms with van der Waals surface area (Å²) < 4.78 is 5.91. The van der Waals surface area contributed by atoms with Crippen molar-refractivity contribution < 1.29 is 4.42 Å². The molecule has 10 heteroatoms. The third kappa shape index (κ3) is 2.84. The van der Waals surface area contributed by atoms with Crippen LogP contribution in [0.5, 0.6) is 0 Å². The quantitative estimate of drug-likeness (QED) is 0.500. The summed E-state index contributed by atoms with van der Waals surface area (Å²) in [4.78, 5) is 4.37. The van der Waals surface area contributed by atoms with E-state index in [1.807, 2.05) is 48.5 Å². The number of hydrogen-bond donors (Lipinski definition) is 2. The molecule has 0 fully saturated rings. The number of nitrogens with one attached hydrogen (secondary N) is 2. The fraction of sp³-hybridized carbons (Fsp3) is 0. The van der Waals surface area contributed by atoms with Crippen molar-refractivity contribution in [3.05, 3.63) is 54.7 Å². The van der Waals surface area contributed by atoms with E-state index in [2.05, 4.69) is 46.2 Å². The van der Waals surface area contributed by atoms with Gasteiger partial charge in [-0.25, -0.2) is 15.2 Å². The highest BCUT2D eigenvalue weighted by Crippen LogP contribution is 2.28. The number of nitrogens with zero attached hydrogens (tertiary/aromatic N) is 7. The first-order valence-corrected chi connectivity index (χ1v) is 8.02. The van der Waals surface area contributed by atoms with Crippen molar-refractivity contribution in [2.24, 2.45) is 0 Å². The van der Waals surface area contributed by atoms with Gasteiger partial charge in [-0.2, -0.15) is 0 Å². The summed E-state index contributed by atoms with van der Waals surface area (Å²) >= 11 is 0. The number of oxazole rings is 1. The molecule has 3 aromatic heterocycles. The lowest BCUT2D eigenvalue weighted by Gasteiger charge is -2.00. The largest absolute Gasteiger partial charge is 0.436 e. The number of hydrogen-bond acceptors (Lipinski definition) is 8. The molecule has 27 heavy (non-hydrogen) atoms. The molecule has 2 aromatic carbocycles. The summed E-state index contributed by atoms with van der Waals surface area (Å²) in [6.45, 7) is 0. The Morgan fingerprint density at radius 2 is 1.15 bits per heavy atom. The lowest BCUT2D eigenvalue weighted by atomic mass is 10.1. The maximum Gasteiger partial charge on any atom is 0.226 e. The molecule has 3 heterocycles. The van der Waals surface area contributed by atoms with E-state index < -0.39 is 0 Å². The van der Waals surface area contributed by atoms with Gasteiger partial charge in [-0.05, 0) is 33.0 Å². The van der Waals surface area contributed by atoms with Crippen molar-refractivity contribution in [3.63, 3.8) is 0 Å². The van der Waals surface area contributed by atoms with Crippen molar-refractivity contribution >= 4 is 0 Å². The Morgan fingerprint density at radius 1 is 0.630 bits per heavy atom. The minimum atomic E-state index is 0.538. The minimum absolute atomic E-state index is 0.538. The molecule has 0 aliphatic rings. The zero-order chi connectivity index (χ0) is 18.1. The standard InChI is InChI=1S/C17H11N9O/c1-3-11(15-19-23-24-20-15)4-2-10(1)14-9-18-17(27-14)13-7-5-12(6-8-13)16-21-25-26-22-16/h1-9H,(H,19,20,23,24)(H,21,22,25,26). The average molecular weight is 357 g/mol. The van der Waals surface area contributed by atoms with Gasteiger partial charge in [0.15, 0.2) is 17.4 Å². The fourth-order valence-corrected chi connectivity index (χ4v) is 2.67. The Bertz CT molecular complexity index is 1050. The van der Waals surface area contributed by atoms with Crippen LogP contribution in [0, 0.1) is 0 Å². The first kappa shape index (κ1) is 15.1. The molecule has 0 aliphatic carbocycles. The van der Waals surface area contributed by atoms with E-state index in [-0.39, 0.29) is 0 Å². The molecule has 0 bridgehead atoms. The van der Waals surface area contributed by atoms with Crippen LogP contribution in [0.15, 0.2) is 59.1 Å². The van der Waals surface area contributed by atoms with E-state index >= 15 is 0 Å². The Hall–Kier alpha value is -4.21. The molecule has 0 spiro atoms. The topological polar surface area (TPSA) is 135 Å². The SMILES string of the molecule is c1cc(-c2cnc(-c3ccc(-c4nnn[nH]4)cc3)o2)ccc1-c1nnn[nH]1. The van der Waals surface area contributed by atoms with Gasteiger partial charge >= 0.3 is 0 Å². The second kappa shape index (κ2) is 6.26. The zero-order valence-corrected chi connectivity index (χ0v) is 13.7. The smallest absolute Gasteiger partial charge is 0.226 e. The molecule has 5 rings (SSSR count). The normalized spacial score (nSPS) is 11.0. The fourth-order valence-electron chi connectivity index (χ4n) is 2.67. The number of H-pyrrole nitrogens is 2. The molecule has 0 unspecified atom stereocenters. The molecule has 2 N–H and O–H groups in total. The Labute approximate surface area is 151 Å². The second-order valence-corrected chi connectivity index (χ2v) is 5.68. The van der Waals surface area contributed by atoms with Gasteiger partial charge in [0.1, 0.15) is 0 Å². The van der Waals surface area contributed by atoms with E-state index in [4.69, 9.17) is 4.42 Å². The van der Waals surface area contributed by atoms with E-state index in [0.717, 1.165) is 22.3 Å². The molecule has 0 amide bonds. The van der Waals surface area contributed by atoms with Crippen LogP contribution in [0.3, 0.4) is 0 Å². The zero-order valence-electron chi connectivity index (χ0n) is 13.7. The van der Waals surface area contributed by atoms with E-state index in [1.54, 1.807) is 6.20 Å². The Kier molecular flexibility index (Phi) is 3.50. The van der Waals surface area contributed by atoms with Crippen LogP contribution in [-0.2, 0) is 0 Å². The summed E-state index contributed by atoms with van der Waals surface area (Å²) in [6, 6.07) is 15.3. The van der Waals surface area contributed by atoms with Gasteiger partial charge < -0.3 is 4.42 Å². The molecule has 0 saturated heterocycles. The van der Waals surface area contributed by atoms with Crippen molar-refractivity contribution in [3.8, 4) is 45.6 Å². The summed E-state index contributed by atoms with van der Waals surface area (Å²) in [7, 11) is 0. The summed E-state index contributed by atoms with van der Waals surface area (Å²) in [6.07, 6.45) is 1.70. The minimum Gasteiger partial charge on any atom is -0.436 e. The number of tetrazole rings is 2. The Morgan fingerprint density at radius 3 is 1.67 bits per heavy atom. The van der Waals surface area contributed by atoms with Gasteiger partial charge in [0.25, 0.3) is 0 Å². The first-order valence-electron chi connectivity index (χ1n) is 8.02. The maximum atomic E-state index is 5.91. The molecule has 0 atom stereocenters. The number of benzene rings is 2. The van der Waals surface area contributed by atoms with Gasteiger partial charge in [-0.3, -0.25) is 0 Å². The predicted octanol–water partition coefficient (Wildman–Crippen LogP) is 2.37. The molecule has 0 saturated carbocycles. The summed E-state index contributed by atoms with van der Waals surface area (Å²) in [5, 5.41) is 27.5. The monoisotopic (exact) mass is 357 g/mol. The van der Waals surface area contributed by atoms with E-state index in [1.165, 1.54) is 0 Å². The predicted molar refractivity (Wildman–Crippen MR) is 93.7 cm³/mol. The highest BCUT2D eigenvalue weighted by Gasteiger charge is 2.10. The molecule has 0 aliphatic heterocycles. The molecule has 130 valence electrons. The van der Waals surface area contributed by atoms with Crippen LogP contribution < -0.4 is 0 Å². The summed E-state index contributed by atoms with van der Waals surface area (Å²) in [5.41, 5.74) is 3.55. The molecular weight excluding hydrogens is 346 g/mol. The van der Waals surface area contributed by atoms with E-state index in [9.17, 15) is 0 Å². The van der Waals surface area contributed by atoms with Crippen molar-refractivity contribution in [1.29, 1.82) is 0 Å². The van der Waals surface area contributed by atoms with Crippen LogP contribution in [0.25, 0.3) is 45.6 Å². The van der Waals surface area contributed by atoms with Gasteiger partial charge in [0.2, 0.25) is 5.89 Å². The lowest BCUT2D eigenvalue weighted by Crippen LogP contribution is -1.82. The van der Waals surface area contributed by atoms with Crippen LogP contribution in [0.2, 0.25) is 0 Å². The van der Waals surface area contributed by atoms with Crippen LogP contribution in [0.4, 0.5) is 0 Å². The highest BCUT2D eigenvalue weighted by atomic mass is 16.4. The van der Waals surface area contributed by atoms with Gasteiger partial charge in [0.05, 0.1) is 6.20 Å². The third-order valence-corrected chi connectivity index (χ3v) is 4.04. The average Bonchev–Trinajstić information content (AvgIpc) is 3.51. The Balaban J connectivity index is 1.39. The van der Waals surface area contributed by atoms with Gasteiger partial charge in [0, 0.05) is 22.3 Å². The first-order chi connectivity index (χ1) is 13.4. The molecule has 10 nitrogen and oxygen atoms in total. The molecule has 0 radical (unpaired) electrons. The van der Waals surface area contributed by atoms with Crippen molar-refractivity contribution in [1.82, 2.24) is 46.2 Å². The highest BCUT2D eigenvalue weighted by molar-refractivity contribution is 5.66. The van der Waals surface area contributed by atoms with Gasteiger partial charge in [-0.1, -0.05) is 36.4 Å².